The minimum Gasteiger partial charge on any atom is -0.324 e. The van der Waals surface area contributed by atoms with Gasteiger partial charge >= 0.3 is 0 Å². The highest BCUT2D eigenvalue weighted by molar-refractivity contribution is 5.92. The van der Waals surface area contributed by atoms with Crippen LogP contribution in [-0.4, -0.2) is 17.5 Å². The Morgan fingerprint density at radius 3 is 2.57 bits per heavy atom. The lowest BCUT2D eigenvalue weighted by Gasteiger charge is -2.02. The lowest BCUT2D eigenvalue weighted by Crippen LogP contribution is -2.31. The summed E-state index contributed by atoms with van der Waals surface area (Å²) >= 11 is 0. The van der Waals surface area contributed by atoms with E-state index < -0.39 is 10.9 Å². The van der Waals surface area contributed by atoms with E-state index in [1.165, 1.54) is 0 Å². The first-order valence-corrected chi connectivity index (χ1v) is 3.91. The van der Waals surface area contributed by atoms with E-state index in [9.17, 15) is 14.9 Å². The number of nitrogens with one attached hydrogen (secondary N) is 2. The van der Waals surface area contributed by atoms with Crippen molar-refractivity contribution in [2.24, 2.45) is 0 Å². The third-order valence-corrected chi connectivity index (χ3v) is 1.43. The van der Waals surface area contributed by atoms with Crippen molar-refractivity contribution >= 4 is 11.6 Å². The molecule has 0 atom stereocenters. The number of carbonyl (C=O) groups is 1. The van der Waals surface area contributed by atoms with Gasteiger partial charge in [-0.2, -0.15) is 0 Å². The standard InChI is InChI=1S/C8H9N3O3/c12-8(6-9-11(13)14)10-7-4-2-1-3-5-7/h1-5,9H,6H2,(H,10,12). The van der Waals surface area contributed by atoms with Crippen LogP contribution in [0.4, 0.5) is 5.69 Å². The maximum atomic E-state index is 11.0. The molecule has 6 nitrogen and oxygen atoms in total. The summed E-state index contributed by atoms with van der Waals surface area (Å²) in [6.45, 7) is -0.345. The van der Waals surface area contributed by atoms with Crippen LogP contribution < -0.4 is 10.7 Å². The van der Waals surface area contributed by atoms with E-state index in [4.69, 9.17) is 0 Å². The van der Waals surface area contributed by atoms with Crippen LogP contribution in [-0.2, 0) is 4.79 Å². The fraction of sp³-hybridized carbons (Fsp3) is 0.125. The van der Waals surface area contributed by atoms with Crippen LogP contribution in [0.1, 0.15) is 0 Å². The fourth-order valence-corrected chi connectivity index (χ4v) is 0.863. The minimum atomic E-state index is -0.759. The summed E-state index contributed by atoms with van der Waals surface area (Å²) in [5, 5.41) is 11.6. The molecule has 14 heavy (non-hydrogen) atoms. The zero-order valence-corrected chi connectivity index (χ0v) is 7.27. The molecule has 0 spiro atoms. The molecule has 6 heteroatoms. The molecule has 1 aromatic carbocycles. The van der Waals surface area contributed by atoms with Crippen molar-refractivity contribution in [3.05, 3.63) is 40.4 Å². The van der Waals surface area contributed by atoms with E-state index >= 15 is 0 Å². The molecule has 0 radical (unpaired) electrons. The molecule has 1 amide bonds. The minimum absolute atomic E-state index is 0.345. The number of hydrogen-bond acceptors (Lipinski definition) is 3. The van der Waals surface area contributed by atoms with Gasteiger partial charge in [0.1, 0.15) is 0 Å². The zero-order valence-electron chi connectivity index (χ0n) is 7.27. The molecule has 0 aliphatic heterocycles. The summed E-state index contributed by atoms with van der Waals surface area (Å²) in [4.78, 5) is 20.9. The molecular weight excluding hydrogens is 186 g/mol. The average molecular weight is 195 g/mol. The van der Waals surface area contributed by atoms with Gasteiger partial charge in [0.05, 0.1) is 0 Å². The predicted molar refractivity (Wildman–Crippen MR) is 50.1 cm³/mol. The van der Waals surface area contributed by atoms with Gasteiger partial charge in [0.2, 0.25) is 5.91 Å². The number of nitro groups is 1. The van der Waals surface area contributed by atoms with Crippen LogP contribution in [0.5, 0.6) is 0 Å². The van der Waals surface area contributed by atoms with Crippen molar-refractivity contribution in [2.45, 2.75) is 0 Å². The molecule has 0 unspecified atom stereocenters. The van der Waals surface area contributed by atoms with Crippen molar-refractivity contribution in [1.82, 2.24) is 5.43 Å². The molecule has 0 heterocycles. The van der Waals surface area contributed by atoms with Crippen molar-refractivity contribution in [1.29, 1.82) is 0 Å². The quantitative estimate of drug-likeness (QED) is 0.538. The highest BCUT2D eigenvalue weighted by atomic mass is 16.7. The van der Waals surface area contributed by atoms with E-state index in [1.54, 1.807) is 29.7 Å². The predicted octanol–water partition coefficient (Wildman–Crippen LogP) is 0.406. The number of hydrazine groups is 1. The number of benzene rings is 1. The number of anilines is 1. The van der Waals surface area contributed by atoms with Gasteiger partial charge in [-0.05, 0) is 12.1 Å². The maximum absolute atomic E-state index is 11.0. The zero-order chi connectivity index (χ0) is 10.4. The molecular formula is C8H9N3O3. The van der Waals surface area contributed by atoms with Gasteiger partial charge < -0.3 is 5.32 Å². The number of para-hydroxylation sites is 1. The Morgan fingerprint density at radius 2 is 2.00 bits per heavy atom. The summed E-state index contributed by atoms with van der Waals surface area (Å²) in [5.41, 5.74) is 2.39. The van der Waals surface area contributed by atoms with Crippen LogP contribution in [0, 0.1) is 10.1 Å². The highest BCUT2D eigenvalue weighted by Gasteiger charge is 2.04. The first-order chi connectivity index (χ1) is 6.68. The largest absolute Gasteiger partial charge is 0.324 e. The third-order valence-electron chi connectivity index (χ3n) is 1.43. The van der Waals surface area contributed by atoms with Gasteiger partial charge in [0.25, 0.3) is 0 Å². The smallest absolute Gasteiger partial charge is 0.249 e. The van der Waals surface area contributed by atoms with Gasteiger partial charge in [-0.1, -0.05) is 18.2 Å². The molecule has 74 valence electrons. The van der Waals surface area contributed by atoms with Gasteiger partial charge in [-0.3, -0.25) is 4.79 Å². The number of rotatable bonds is 4. The van der Waals surface area contributed by atoms with E-state index in [2.05, 4.69) is 5.32 Å². The molecule has 0 saturated carbocycles. The summed E-state index contributed by atoms with van der Waals surface area (Å²) in [6.07, 6.45) is 0. The van der Waals surface area contributed by atoms with E-state index in [-0.39, 0.29) is 6.54 Å². The van der Waals surface area contributed by atoms with Gasteiger partial charge in [-0.15, -0.1) is 5.43 Å². The van der Waals surface area contributed by atoms with Gasteiger partial charge in [-0.25, -0.2) is 10.1 Å². The molecule has 0 fully saturated rings. The van der Waals surface area contributed by atoms with Crippen LogP contribution in [0.2, 0.25) is 0 Å². The van der Waals surface area contributed by atoms with Crippen LogP contribution in [0.15, 0.2) is 30.3 Å². The van der Waals surface area contributed by atoms with Crippen molar-refractivity contribution in [3.63, 3.8) is 0 Å². The second-order valence-electron chi connectivity index (χ2n) is 2.51. The Hall–Kier alpha value is -2.11. The molecule has 1 aromatic rings. The molecule has 0 aliphatic rings. The molecule has 0 bridgehead atoms. The van der Waals surface area contributed by atoms with Crippen molar-refractivity contribution in [2.75, 3.05) is 11.9 Å². The Balaban J connectivity index is 2.38. The maximum Gasteiger partial charge on any atom is 0.249 e. The average Bonchev–Trinajstić information content (AvgIpc) is 2.16. The first kappa shape index (κ1) is 9.97. The van der Waals surface area contributed by atoms with Crippen molar-refractivity contribution < 1.29 is 9.83 Å². The monoisotopic (exact) mass is 195 g/mol. The van der Waals surface area contributed by atoms with Crippen LogP contribution in [0.3, 0.4) is 0 Å². The van der Waals surface area contributed by atoms with Crippen LogP contribution >= 0.6 is 0 Å². The molecule has 0 aromatic heterocycles. The Bertz CT molecular complexity index is 326. The molecule has 0 aliphatic carbocycles. The lowest BCUT2D eigenvalue weighted by atomic mass is 10.3. The number of amides is 1. The molecule has 1 rings (SSSR count). The fourth-order valence-electron chi connectivity index (χ4n) is 0.863. The van der Waals surface area contributed by atoms with Crippen LogP contribution in [0.25, 0.3) is 0 Å². The van der Waals surface area contributed by atoms with Gasteiger partial charge in [0, 0.05) is 5.69 Å². The highest BCUT2D eigenvalue weighted by Crippen LogP contribution is 2.03. The Morgan fingerprint density at radius 1 is 1.36 bits per heavy atom. The second-order valence-corrected chi connectivity index (χ2v) is 2.51. The summed E-state index contributed by atoms with van der Waals surface area (Å²) < 4.78 is 0. The Kier molecular flexibility index (Phi) is 3.42. The normalized spacial score (nSPS) is 9.14. The summed E-state index contributed by atoms with van der Waals surface area (Å²) in [5.74, 6) is -0.451. The second kappa shape index (κ2) is 4.80. The number of hydrogen-bond donors (Lipinski definition) is 2. The van der Waals surface area contributed by atoms with E-state index in [0.717, 1.165) is 0 Å². The topological polar surface area (TPSA) is 84.3 Å². The number of nitrogens with zero attached hydrogens (tertiary/aromatic N) is 1. The van der Waals surface area contributed by atoms with Gasteiger partial charge in [0.15, 0.2) is 11.6 Å². The Labute approximate surface area is 80.0 Å². The third kappa shape index (κ3) is 3.53. The first-order valence-electron chi connectivity index (χ1n) is 3.91. The summed E-state index contributed by atoms with van der Waals surface area (Å²) in [6, 6.07) is 8.73. The number of carbonyl (C=O) groups excluding carboxylic acids is 1. The van der Waals surface area contributed by atoms with E-state index in [0.29, 0.717) is 5.69 Å². The lowest BCUT2D eigenvalue weighted by molar-refractivity contribution is -0.542. The summed E-state index contributed by atoms with van der Waals surface area (Å²) in [7, 11) is 0. The SMILES string of the molecule is O=C(CN[N+](=O)[O-])Nc1ccccc1. The van der Waals surface area contributed by atoms with E-state index in [1.807, 2.05) is 6.07 Å². The molecule has 2 N–H and O–H groups in total. The molecule has 0 saturated heterocycles. The van der Waals surface area contributed by atoms with Crippen molar-refractivity contribution in [3.8, 4) is 0 Å².